The van der Waals surface area contributed by atoms with E-state index in [1.165, 1.54) is 0 Å². The second-order valence-electron chi connectivity index (χ2n) is 3.05. The van der Waals surface area contributed by atoms with Gasteiger partial charge < -0.3 is 5.11 Å². The summed E-state index contributed by atoms with van der Waals surface area (Å²) in [5.74, 6) is 0. The van der Waals surface area contributed by atoms with Crippen LogP contribution in [0.1, 0.15) is 25.7 Å². The third kappa shape index (κ3) is 1.92. The molecule has 0 bridgehead atoms. The van der Waals surface area contributed by atoms with Crippen molar-refractivity contribution < 1.29 is 5.11 Å². The van der Waals surface area contributed by atoms with E-state index in [2.05, 4.69) is 11.4 Å². The van der Waals surface area contributed by atoms with Crippen molar-refractivity contribution in [1.82, 2.24) is 5.32 Å². The summed E-state index contributed by atoms with van der Waals surface area (Å²) in [4.78, 5) is 0. The van der Waals surface area contributed by atoms with Crippen molar-refractivity contribution in [2.45, 2.75) is 31.2 Å². The predicted octanol–water partition coefficient (Wildman–Crippen LogP) is 0.405. The highest BCUT2D eigenvalue weighted by molar-refractivity contribution is 5.12. The summed E-state index contributed by atoms with van der Waals surface area (Å²) in [6.45, 7) is 0.957. The van der Waals surface area contributed by atoms with E-state index in [-0.39, 0.29) is 12.1 Å². The number of aliphatic hydroxyl groups is 1. The molecule has 1 aliphatic rings. The molecule has 1 aliphatic carbocycles. The fourth-order valence-electron chi connectivity index (χ4n) is 1.27. The van der Waals surface area contributed by atoms with Crippen LogP contribution in [-0.2, 0) is 0 Å². The largest absolute Gasteiger partial charge is 0.396 e. The first kappa shape index (κ1) is 8.51. The monoisotopic (exact) mass is 154 g/mol. The summed E-state index contributed by atoms with van der Waals surface area (Å²) in [5, 5.41) is 20.4. The van der Waals surface area contributed by atoms with Gasteiger partial charge in [0.25, 0.3) is 0 Å². The Balaban J connectivity index is 2.18. The van der Waals surface area contributed by atoms with Crippen LogP contribution in [0.25, 0.3) is 0 Å². The first-order valence-corrected chi connectivity index (χ1v) is 4.10. The summed E-state index contributed by atoms with van der Waals surface area (Å²) in [6, 6.07) is 2.28. The van der Waals surface area contributed by atoms with Crippen molar-refractivity contribution >= 4 is 0 Å². The minimum Gasteiger partial charge on any atom is -0.396 e. The third-order valence-corrected chi connectivity index (χ3v) is 2.22. The van der Waals surface area contributed by atoms with Crippen LogP contribution in [0.15, 0.2) is 0 Å². The smallest absolute Gasteiger partial charge is 0.106 e. The molecule has 2 N–H and O–H groups in total. The maximum absolute atomic E-state index is 8.76. The lowest BCUT2D eigenvalue weighted by Gasteiger charge is -2.36. The molecule has 0 aromatic heterocycles. The summed E-state index contributed by atoms with van der Waals surface area (Å²) in [5.41, 5.74) is -0.241. The van der Waals surface area contributed by atoms with Crippen molar-refractivity contribution in [2.24, 2.45) is 0 Å². The lowest BCUT2D eigenvalue weighted by Crippen LogP contribution is -2.50. The zero-order valence-electron chi connectivity index (χ0n) is 6.64. The van der Waals surface area contributed by atoms with E-state index in [1.54, 1.807) is 0 Å². The molecule has 0 heterocycles. The summed E-state index contributed by atoms with van der Waals surface area (Å²) < 4.78 is 0. The highest BCUT2D eigenvalue weighted by Gasteiger charge is 2.35. The molecule has 11 heavy (non-hydrogen) atoms. The molecule has 1 saturated carbocycles. The highest BCUT2D eigenvalue weighted by atomic mass is 16.3. The third-order valence-electron chi connectivity index (χ3n) is 2.22. The Morgan fingerprint density at radius 2 is 2.27 bits per heavy atom. The predicted molar refractivity (Wildman–Crippen MR) is 41.9 cm³/mol. The fourth-order valence-corrected chi connectivity index (χ4v) is 1.27. The van der Waals surface area contributed by atoms with Gasteiger partial charge in [0.05, 0.1) is 6.07 Å². The molecule has 0 radical (unpaired) electrons. The minimum absolute atomic E-state index is 0.203. The molecule has 0 unspecified atom stereocenters. The van der Waals surface area contributed by atoms with Crippen LogP contribution in [0.3, 0.4) is 0 Å². The van der Waals surface area contributed by atoms with Crippen molar-refractivity contribution in [3.05, 3.63) is 0 Å². The van der Waals surface area contributed by atoms with Crippen LogP contribution in [0.2, 0.25) is 0 Å². The van der Waals surface area contributed by atoms with Gasteiger partial charge in [-0.3, -0.25) is 5.32 Å². The van der Waals surface area contributed by atoms with Crippen LogP contribution in [0.4, 0.5) is 0 Å². The molecule has 3 nitrogen and oxygen atoms in total. The Morgan fingerprint density at radius 1 is 1.55 bits per heavy atom. The van der Waals surface area contributed by atoms with E-state index in [0.29, 0.717) is 0 Å². The van der Waals surface area contributed by atoms with Gasteiger partial charge in [0.1, 0.15) is 5.54 Å². The molecule has 0 aromatic carbocycles. The first-order chi connectivity index (χ1) is 5.33. The van der Waals surface area contributed by atoms with Gasteiger partial charge in [-0.2, -0.15) is 5.26 Å². The highest BCUT2D eigenvalue weighted by Crippen LogP contribution is 2.30. The van der Waals surface area contributed by atoms with Crippen LogP contribution >= 0.6 is 0 Å². The SMILES string of the molecule is N#CC1(NCCCO)CCC1. The number of hydrogen-bond donors (Lipinski definition) is 2. The molecule has 3 heteroatoms. The number of hydrogen-bond acceptors (Lipinski definition) is 3. The molecule has 0 spiro atoms. The maximum Gasteiger partial charge on any atom is 0.106 e. The van der Waals surface area contributed by atoms with Crippen LogP contribution in [-0.4, -0.2) is 23.8 Å². The average molecular weight is 154 g/mol. The normalized spacial score (nSPS) is 20.4. The molecule has 62 valence electrons. The molecule has 0 amide bonds. The number of nitriles is 1. The van der Waals surface area contributed by atoms with Gasteiger partial charge in [-0.15, -0.1) is 0 Å². The molecule has 1 fully saturated rings. The number of nitrogens with one attached hydrogen (secondary N) is 1. The van der Waals surface area contributed by atoms with E-state index >= 15 is 0 Å². The molecule has 1 rings (SSSR count). The minimum atomic E-state index is -0.241. The molecule has 0 aliphatic heterocycles. The fraction of sp³-hybridized carbons (Fsp3) is 0.875. The molecular formula is C8H14N2O. The maximum atomic E-state index is 8.76. The zero-order chi connectivity index (χ0) is 8.16. The quantitative estimate of drug-likeness (QED) is 0.576. The zero-order valence-corrected chi connectivity index (χ0v) is 6.64. The van der Waals surface area contributed by atoms with E-state index in [9.17, 15) is 0 Å². The van der Waals surface area contributed by atoms with Crippen LogP contribution in [0.5, 0.6) is 0 Å². The van der Waals surface area contributed by atoms with E-state index < -0.39 is 0 Å². The number of aliphatic hydroxyl groups excluding tert-OH is 1. The Hall–Kier alpha value is -0.590. The first-order valence-electron chi connectivity index (χ1n) is 4.10. The van der Waals surface area contributed by atoms with Gasteiger partial charge in [0.15, 0.2) is 0 Å². The average Bonchev–Trinajstić information content (AvgIpc) is 1.95. The van der Waals surface area contributed by atoms with E-state index in [0.717, 1.165) is 32.2 Å². The summed E-state index contributed by atoms with van der Waals surface area (Å²) in [6.07, 6.45) is 3.83. The molecule has 0 saturated heterocycles. The Morgan fingerprint density at radius 3 is 2.64 bits per heavy atom. The van der Waals surface area contributed by atoms with Crippen molar-refractivity contribution in [3.63, 3.8) is 0 Å². The Labute approximate surface area is 67.0 Å². The summed E-state index contributed by atoms with van der Waals surface area (Å²) >= 11 is 0. The van der Waals surface area contributed by atoms with Crippen LogP contribution in [0, 0.1) is 11.3 Å². The van der Waals surface area contributed by atoms with Gasteiger partial charge in [-0.1, -0.05) is 0 Å². The van der Waals surface area contributed by atoms with Crippen molar-refractivity contribution in [2.75, 3.05) is 13.2 Å². The molecule has 0 aromatic rings. The second kappa shape index (κ2) is 3.70. The summed E-state index contributed by atoms with van der Waals surface area (Å²) in [7, 11) is 0. The topological polar surface area (TPSA) is 56.0 Å². The van der Waals surface area contributed by atoms with Gasteiger partial charge in [-0.05, 0) is 32.2 Å². The molecule has 0 atom stereocenters. The Bertz CT molecular complexity index is 158. The Kier molecular flexibility index (Phi) is 2.86. The van der Waals surface area contributed by atoms with E-state index in [1.807, 2.05) is 0 Å². The number of nitrogens with zero attached hydrogens (tertiary/aromatic N) is 1. The standard InChI is InChI=1S/C8H14N2O/c9-7-8(3-1-4-8)10-5-2-6-11/h10-11H,1-6H2. The molecular weight excluding hydrogens is 140 g/mol. The van der Waals surface area contributed by atoms with Crippen molar-refractivity contribution in [1.29, 1.82) is 5.26 Å². The van der Waals surface area contributed by atoms with Gasteiger partial charge in [-0.25, -0.2) is 0 Å². The lowest BCUT2D eigenvalue weighted by atomic mass is 9.78. The lowest BCUT2D eigenvalue weighted by molar-refractivity contribution is 0.235. The number of rotatable bonds is 4. The van der Waals surface area contributed by atoms with Crippen molar-refractivity contribution in [3.8, 4) is 6.07 Å². The van der Waals surface area contributed by atoms with Gasteiger partial charge in [0, 0.05) is 6.61 Å². The van der Waals surface area contributed by atoms with Crippen LogP contribution < -0.4 is 5.32 Å². The van der Waals surface area contributed by atoms with E-state index in [4.69, 9.17) is 10.4 Å². The van der Waals surface area contributed by atoms with Gasteiger partial charge in [0.2, 0.25) is 0 Å². The second-order valence-corrected chi connectivity index (χ2v) is 3.05. The van der Waals surface area contributed by atoms with Gasteiger partial charge >= 0.3 is 0 Å².